The Morgan fingerprint density at radius 1 is 1.20 bits per heavy atom. The number of hydrogen-bond donors (Lipinski definition) is 2. The summed E-state index contributed by atoms with van der Waals surface area (Å²) in [5, 5.41) is 14.9. The Labute approximate surface area is 145 Å². The van der Waals surface area contributed by atoms with Crippen LogP contribution in [0.15, 0.2) is 54.2 Å². The van der Waals surface area contributed by atoms with Crippen LogP contribution >= 0.6 is 0 Å². The number of carbonyl (C=O) groups is 1. The molecule has 0 atom stereocenters. The summed E-state index contributed by atoms with van der Waals surface area (Å²) >= 11 is 0. The largest absolute Gasteiger partial charge is 0.454 e. The summed E-state index contributed by atoms with van der Waals surface area (Å²) in [6.45, 7) is 2.65. The van der Waals surface area contributed by atoms with Crippen molar-refractivity contribution in [2.24, 2.45) is 0 Å². The van der Waals surface area contributed by atoms with Gasteiger partial charge in [0, 0.05) is 18.4 Å². The summed E-state index contributed by atoms with van der Waals surface area (Å²) in [6, 6.07) is 14.9. The first-order chi connectivity index (χ1) is 12.2. The Hall–Kier alpha value is -3.46. The standard InChI is InChI=1S/C19H17N3O3/c1-13-2-5-16(6-3-13)22-19(23)15(9-20)11-21-10-14-4-7-17-18(8-14)25-12-24-17/h2-8,11,21H,10,12H2,1H3,(H,22,23)/b15-11-. The van der Waals surface area contributed by atoms with E-state index in [1.54, 1.807) is 12.1 Å². The second-order valence-corrected chi connectivity index (χ2v) is 5.56. The lowest BCUT2D eigenvalue weighted by atomic mass is 10.2. The maximum atomic E-state index is 12.1. The lowest BCUT2D eigenvalue weighted by Gasteiger charge is -2.06. The highest BCUT2D eigenvalue weighted by Gasteiger charge is 2.13. The molecule has 0 radical (unpaired) electrons. The number of rotatable bonds is 5. The van der Waals surface area contributed by atoms with Crippen LogP contribution in [0.1, 0.15) is 11.1 Å². The molecule has 2 aromatic carbocycles. The molecule has 2 N–H and O–H groups in total. The van der Waals surface area contributed by atoms with Crippen LogP contribution in [0, 0.1) is 18.3 Å². The number of benzene rings is 2. The zero-order valence-corrected chi connectivity index (χ0v) is 13.7. The molecular weight excluding hydrogens is 318 g/mol. The Bertz CT molecular complexity index is 851. The molecule has 1 heterocycles. The van der Waals surface area contributed by atoms with Gasteiger partial charge < -0.3 is 20.1 Å². The molecule has 0 spiro atoms. The molecule has 0 saturated heterocycles. The van der Waals surface area contributed by atoms with Gasteiger partial charge in [-0.3, -0.25) is 4.79 Å². The highest BCUT2D eigenvalue weighted by Crippen LogP contribution is 2.32. The van der Waals surface area contributed by atoms with Crippen molar-refractivity contribution in [2.75, 3.05) is 12.1 Å². The number of ether oxygens (including phenoxy) is 2. The van der Waals surface area contributed by atoms with E-state index in [9.17, 15) is 10.1 Å². The molecule has 0 fully saturated rings. The van der Waals surface area contributed by atoms with E-state index >= 15 is 0 Å². The molecule has 1 aliphatic heterocycles. The van der Waals surface area contributed by atoms with E-state index < -0.39 is 5.91 Å². The average molecular weight is 335 g/mol. The van der Waals surface area contributed by atoms with Gasteiger partial charge >= 0.3 is 0 Å². The van der Waals surface area contributed by atoms with Crippen molar-refractivity contribution < 1.29 is 14.3 Å². The maximum absolute atomic E-state index is 12.1. The molecule has 6 nitrogen and oxygen atoms in total. The number of amides is 1. The molecule has 1 aliphatic rings. The zero-order valence-electron chi connectivity index (χ0n) is 13.7. The Balaban J connectivity index is 1.59. The molecule has 0 aliphatic carbocycles. The van der Waals surface area contributed by atoms with E-state index in [1.807, 2.05) is 43.3 Å². The molecule has 0 bridgehead atoms. The van der Waals surface area contributed by atoms with Gasteiger partial charge in [-0.15, -0.1) is 0 Å². The van der Waals surface area contributed by atoms with Gasteiger partial charge in [-0.05, 0) is 36.8 Å². The third kappa shape index (κ3) is 4.09. The van der Waals surface area contributed by atoms with Gasteiger partial charge in [0.1, 0.15) is 11.6 Å². The van der Waals surface area contributed by atoms with E-state index in [4.69, 9.17) is 9.47 Å². The molecule has 0 aromatic heterocycles. The van der Waals surface area contributed by atoms with Crippen molar-refractivity contribution in [1.29, 1.82) is 5.26 Å². The van der Waals surface area contributed by atoms with E-state index in [0.29, 0.717) is 18.0 Å². The fraction of sp³-hybridized carbons (Fsp3) is 0.158. The SMILES string of the molecule is Cc1ccc(NC(=O)/C(C#N)=C\NCc2ccc3c(c2)OCO3)cc1. The third-order valence-electron chi connectivity index (χ3n) is 3.66. The Morgan fingerprint density at radius 2 is 1.96 bits per heavy atom. The number of carbonyl (C=O) groups excluding carboxylic acids is 1. The molecule has 0 saturated carbocycles. The van der Waals surface area contributed by atoms with Gasteiger partial charge in [0.25, 0.3) is 5.91 Å². The fourth-order valence-corrected chi connectivity index (χ4v) is 2.31. The van der Waals surface area contributed by atoms with Crippen molar-refractivity contribution in [3.8, 4) is 17.6 Å². The van der Waals surface area contributed by atoms with Crippen LogP contribution in [-0.2, 0) is 11.3 Å². The summed E-state index contributed by atoms with van der Waals surface area (Å²) in [5.74, 6) is 0.958. The van der Waals surface area contributed by atoms with Crippen molar-refractivity contribution in [3.05, 3.63) is 65.4 Å². The number of aryl methyl sites for hydroxylation is 1. The number of nitrogens with zero attached hydrogens (tertiary/aromatic N) is 1. The van der Waals surface area contributed by atoms with Gasteiger partial charge in [-0.2, -0.15) is 5.26 Å². The molecule has 126 valence electrons. The predicted molar refractivity (Wildman–Crippen MR) is 92.9 cm³/mol. The molecular formula is C19H17N3O3. The van der Waals surface area contributed by atoms with E-state index in [0.717, 1.165) is 16.9 Å². The van der Waals surface area contributed by atoms with Crippen LogP contribution in [0.5, 0.6) is 11.5 Å². The van der Waals surface area contributed by atoms with E-state index in [1.165, 1.54) is 6.20 Å². The Morgan fingerprint density at radius 3 is 2.72 bits per heavy atom. The molecule has 3 rings (SSSR count). The first kappa shape index (κ1) is 16.4. The van der Waals surface area contributed by atoms with Gasteiger partial charge in [0.15, 0.2) is 11.5 Å². The normalized spacial score (nSPS) is 12.4. The van der Waals surface area contributed by atoms with Crippen molar-refractivity contribution in [3.63, 3.8) is 0 Å². The topological polar surface area (TPSA) is 83.4 Å². The summed E-state index contributed by atoms with van der Waals surface area (Å²) in [5.41, 5.74) is 2.70. The van der Waals surface area contributed by atoms with Crippen LogP contribution < -0.4 is 20.1 Å². The predicted octanol–water partition coefficient (Wildman–Crippen LogP) is 2.86. The lowest BCUT2D eigenvalue weighted by molar-refractivity contribution is -0.112. The molecule has 6 heteroatoms. The summed E-state index contributed by atoms with van der Waals surface area (Å²) in [6.07, 6.45) is 1.41. The van der Waals surface area contributed by atoms with Crippen LogP contribution in [-0.4, -0.2) is 12.7 Å². The van der Waals surface area contributed by atoms with Crippen LogP contribution in [0.3, 0.4) is 0 Å². The minimum Gasteiger partial charge on any atom is -0.454 e. The number of fused-ring (bicyclic) bond motifs is 1. The second kappa shape index (κ2) is 7.41. The first-order valence-corrected chi connectivity index (χ1v) is 7.76. The fourth-order valence-electron chi connectivity index (χ4n) is 2.31. The highest BCUT2D eigenvalue weighted by molar-refractivity contribution is 6.06. The molecule has 25 heavy (non-hydrogen) atoms. The number of hydrogen-bond acceptors (Lipinski definition) is 5. The minimum absolute atomic E-state index is 0.00122. The van der Waals surface area contributed by atoms with Crippen molar-refractivity contribution >= 4 is 11.6 Å². The molecule has 1 amide bonds. The van der Waals surface area contributed by atoms with E-state index in [2.05, 4.69) is 10.6 Å². The molecule has 0 unspecified atom stereocenters. The Kier molecular flexibility index (Phi) is 4.86. The third-order valence-corrected chi connectivity index (χ3v) is 3.66. The summed E-state index contributed by atoms with van der Waals surface area (Å²) in [7, 11) is 0. The number of nitrogens with one attached hydrogen (secondary N) is 2. The highest BCUT2D eigenvalue weighted by atomic mass is 16.7. The van der Waals surface area contributed by atoms with Gasteiger partial charge in [0.2, 0.25) is 6.79 Å². The van der Waals surface area contributed by atoms with Gasteiger partial charge in [-0.1, -0.05) is 23.8 Å². The first-order valence-electron chi connectivity index (χ1n) is 7.76. The second-order valence-electron chi connectivity index (χ2n) is 5.56. The number of anilines is 1. The van der Waals surface area contributed by atoms with Crippen LogP contribution in [0.2, 0.25) is 0 Å². The average Bonchev–Trinajstić information content (AvgIpc) is 3.08. The maximum Gasteiger partial charge on any atom is 0.267 e. The van der Waals surface area contributed by atoms with Crippen molar-refractivity contribution in [2.45, 2.75) is 13.5 Å². The van der Waals surface area contributed by atoms with Crippen LogP contribution in [0.4, 0.5) is 5.69 Å². The van der Waals surface area contributed by atoms with Gasteiger partial charge in [0.05, 0.1) is 0 Å². The molecule has 2 aromatic rings. The monoisotopic (exact) mass is 335 g/mol. The van der Waals surface area contributed by atoms with Crippen LogP contribution in [0.25, 0.3) is 0 Å². The summed E-state index contributed by atoms with van der Waals surface area (Å²) < 4.78 is 10.6. The number of nitriles is 1. The summed E-state index contributed by atoms with van der Waals surface area (Å²) in [4.78, 5) is 12.1. The van der Waals surface area contributed by atoms with Crippen molar-refractivity contribution in [1.82, 2.24) is 5.32 Å². The zero-order chi connectivity index (χ0) is 17.6. The quantitative estimate of drug-likeness (QED) is 0.648. The minimum atomic E-state index is -0.454. The van der Waals surface area contributed by atoms with E-state index in [-0.39, 0.29) is 12.4 Å². The smallest absolute Gasteiger partial charge is 0.267 e. The lowest BCUT2D eigenvalue weighted by Crippen LogP contribution is -2.16. The van der Waals surface area contributed by atoms with Gasteiger partial charge in [-0.25, -0.2) is 0 Å².